The lowest BCUT2D eigenvalue weighted by atomic mass is 10.1. The summed E-state index contributed by atoms with van der Waals surface area (Å²) in [6.07, 6.45) is 8.21. The van der Waals surface area contributed by atoms with Crippen LogP contribution in [0.4, 0.5) is 0 Å². The van der Waals surface area contributed by atoms with Crippen molar-refractivity contribution in [2.24, 2.45) is 5.92 Å². The predicted octanol–water partition coefficient (Wildman–Crippen LogP) is 2.17. The molecule has 0 spiro atoms. The third-order valence-corrected chi connectivity index (χ3v) is 6.60. The zero-order valence-corrected chi connectivity index (χ0v) is 14.6. The highest BCUT2D eigenvalue weighted by Gasteiger charge is 2.41. The van der Waals surface area contributed by atoms with E-state index < -0.39 is 27.2 Å². The molecule has 2 atom stereocenters. The van der Waals surface area contributed by atoms with Crippen molar-refractivity contribution in [2.45, 2.75) is 50.2 Å². The van der Waals surface area contributed by atoms with Crippen LogP contribution in [0, 0.1) is 5.92 Å². The number of carbonyl (C=O) groups is 1. The number of hydrogen-bond acceptors (Lipinski definition) is 5. The molecule has 0 aromatic rings. The molecule has 1 aliphatic rings. The lowest BCUT2D eigenvalue weighted by Crippen LogP contribution is -2.39. The molecule has 0 aromatic carbocycles. The number of rotatable bonds is 10. The Morgan fingerprint density at radius 1 is 1.24 bits per heavy atom. The van der Waals surface area contributed by atoms with Crippen LogP contribution in [0.2, 0.25) is 0 Å². The van der Waals surface area contributed by atoms with Gasteiger partial charge in [-0.3, -0.25) is 4.79 Å². The fourth-order valence-corrected chi connectivity index (χ4v) is 5.06. The molecule has 1 fully saturated rings. The molecule has 0 heterocycles. The van der Waals surface area contributed by atoms with E-state index in [-0.39, 0.29) is 0 Å². The second-order valence-electron chi connectivity index (χ2n) is 5.45. The quantitative estimate of drug-likeness (QED) is 0.488. The molecule has 0 saturated heterocycles. The Kier molecular flexibility index (Phi) is 8.66. The maximum Gasteiger partial charge on any atom is 0.310 e. The fraction of sp³-hybridized carbons (Fsp3) is 0.929. The number of hydrogen-bond donors (Lipinski definition) is 1. The first-order valence-corrected chi connectivity index (χ1v) is 10.5. The maximum absolute atomic E-state index is 12.3. The summed E-state index contributed by atoms with van der Waals surface area (Å²) in [5, 5.41) is -0.624. The molecule has 7 heteroatoms. The minimum absolute atomic E-state index is 0.403. The average Bonchev–Trinajstić information content (AvgIpc) is 2.95. The molecule has 0 bridgehead atoms. The van der Waals surface area contributed by atoms with Crippen LogP contribution in [-0.2, 0) is 19.6 Å². The lowest BCUT2D eigenvalue weighted by Gasteiger charge is -2.18. The summed E-state index contributed by atoms with van der Waals surface area (Å²) in [5.41, 5.74) is 0. The fourth-order valence-electron chi connectivity index (χ4n) is 2.76. The first-order chi connectivity index (χ1) is 10.0. The van der Waals surface area contributed by atoms with Gasteiger partial charge in [-0.2, -0.15) is 11.8 Å². The minimum atomic E-state index is -3.42. The number of methoxy groups -OCH3 is 1. The van der Waals surface area contributed by atoms with Gasteiger partial charge in [0, 0.05) is 6.54 Å². The Morgan fingerprint density at radius 2 is 1.95 bits per heavy atom. The number of thioether (sulfide) groups is 1. The first-order valence-electron chi connectivity index (χ1n) is 7.58. The van der Waals surface area contributed by atoms with E-state index in [1.54, 1.807) is 0 Å². The molecule has 21 heavy (non-hydrogen) atoms. The van der Waals surface area contributed by atoms with E-state index in [0.29, 0.717) is 19.4 Å². The van der Waals surface area contributed by atoms with Crippen molar-refractivity contribution < 1.29 is 17.9 Å². The molecule has 0 aromatic heterocycles. The molecule has 1 saturated carbocycles. The number of nitrogens with one attached hydrogen (secondary N) is 1. The van der Waals surface area contributed by atoms with Crippen molar-refractivity contribution in [1.82, 2.24) is 4.72 Å². The Labute approximate surface area is 132 Å². The molecular formula is C14H27NO4S2. The number of sulfonamides is 1. The highest BCUT2D eigenvalue weighted by Crippen LogP contribution is 2.31. The van der Waals surface area contributed by atoms with Crippen LogP contribution < -0.4 is 4.72 Å². The molecule has 1 N–H and O–H groups in total. The Balaban J connectivity index is 2.34. The molecule has 1 rings (SSSR count). The smallest absolute Gasteiger partial charge is 0.310 e. The third kappa shape index (κ3) is 6.16. The van der Waals surface area contributed by atoms with Crippen molar-refractivity contribution >= 4 is 27.8 Å². The van der Waals surface area contributed by atoms with E-state index >= 15 is 0 Å². The summed E-state index contributed by atoms with van der Waals surface area (Å²) in [4.78, 5) is 11.6. The molecule has 0 aliphatic heterocycles. The van der Waals surface area contributed by atoms with Gasteiger partial charge < -0.3 is 4.74 Å². The van der Waals surface area contributed by atoms with Gasteiger partial charge in [0.15, 0.2) is 0 Å². The van der Waals surface area contributed by atoms with E-state index in [0.717, 1.165) is 31.4 Å². The van der Waals surface area contributed by atoms with E-state index in [4.69, 9.17) is 4.74 Å². The zero-order chi connectivity index (χ0) is 15.7. The highest BCUT2D eigenvalue weighted by molar-refractivity contribution is 7.98. The van der Waals surface area contributed by atoms with E-state index in [1.165, 1.54) is 13.5 Å². The van der Waals surface area contributed by atoms with Gasteiger partial charge >= 0.3 is 5.97 Å². The number of esters is 1. The molecular weight excluding hydrogens is 310 g/mol. The van der Waals surface area contributed by atoms with E-state index in [2.05, 4.69) is 11.0 Å². The van der Waals surface area contributed by atoms with Crippen LogP contribution >= 0.6 is 11.8 Å². The molecule has 2 unspecified atom stereocenters. The number of ether oxygens (including phenoxy) is 1. The van der Waals surface area contributed by atoms with Crippen LogP contribution in [0.3, 0.4) is 0 Å². The van der Waals surface area contributed by atoms with Gasteiger partial charge in [-0.1, -0.05) is 19.3 Å². The van der Waals surface area contributed by atoms with Crippen molar-refractivity contribution in [1.29, 1.82) is 0 Å². The van der Waals surface area contributed by atoms with E-state index in [1.807, 2.05) is 11.8 Å². The molecule has 0 radical (unpaired) electrons. The van der Waals surface area contributed by atoms with Gasteiger partial charge in [0.05, 0.1) is 18.3 Å². The average molecular weight is 338 g/mol. The largest absolute Gasteiger partial charge is 0.469 e. The molecule has 124 valence electrons. The van der Waals surface area contributed by atoms with Crippen LogP contribution in [-0.4, -0.2) is 45.3 Å². The van der Waals surface area contributed by atoms with Crippen LogP contribution in [0.25, 0.3) is 0 Å². The van der Waals surface area contributed by atoms with Crippen molar-refractivity contribution in [2.75, 3.05) is 25.7 Å². The second kappa shape index (κ2) is 9.69. The predicted molar refractivity (Wildman–Crippen MR) is 86.9 cm³/mol. The van der Waals surface area contributed by atoms with Crippen molar-refractivity contribution in [3.8, 4) is 0 Å². The molecule has 1 aliphatic carbocycles. The van der Waals surface area contributed by atoms with Gasteiger partial charge in [0.25, 0.3) is 0 Å². The van der Waals surface area contributed by atoms with Gasteiger partial charge in [-0.25, -0.2) is 13.1 Å². The Bertz CT molecular complexity index is 411. The maximum atomic E-state index is 12.3. The van der Waals surface area contributed by atoms with Gasteiger partial charge in [0.1, 0.15) is 0 Å². The number of unbranched alkanes of at least 4 members (excludes halogenated alkanes) is 3. The third-order valence-electron chi connectivity index (χ3n) is 3.93. The summed E-state index contributed by atoms with van der Waals surface area (Å²) in [6, 6.07) is 0. The lowest BCUT2D eigenvalue weighted by molar-refractivity contribution is -0.145. The summed E-state index contributed by atoms with van der Waals surface area (Å²) >= 11 is 1.84. The van der Waals surface area contributed by atoms with Crippen LogP contribution in [0.5, 0.6) is 0 Å². The van der Waals surface area contributed by atoms with Crippen LogP contribution in [0.1, 0.15) is 44.9 Å². The summed E-state index contributed by atoms with van der Waals surface area (Å²) < 4.78 is 31.9. The minimum Gasteiger partial charge on any atom is -0.469 e. The monoisotopic (exact) mass is 337 g/mol. The zero-order valence-electron chi connectivity index (χ0n) is 13.0. The van der Waals surface area contributed by atoms with Crippen molar-refractivity contribution in [3.05, 3.63) is 0 Å². The van der Waals surface area contributed by atoms with Gasteiger partial charge in [-0.15, -0.1) is 0 Å². The standard InChI is InChI=1S/C14H27NO4S2/c1-19-14(16)12-8-7-9-13(12)21(17,18)15-10-5-3-4-6-11-20-2/h12-13,15H,3-11H2,1-2H3. The summed E-state index contributed by atoms with van der Waals surface area (Å²) in [7, 11) is -2.10. The highest BCUT2D eigenvalue weighted by atomic mass is 32.2. The first kappa shape index (κ1) is 18.8. The Morgan fingerprint density at radius 3 is 2.62 bits per heavy atom. The van der Waals surface area contributed by atoms with Crippen LogP contribution in [0.15, 0.2) is 0 Å². The Hall–Kier alpha value is -0.270. The second-order valence-corrected chi connectivity index (χ2v) is 8.42. The number of carbonyl (C=O) groups excluding carboxylic acids is 1. The molecule has 5 nitrogen and oxygen atoms in total. The topological polar surface area (TPSA) is 72.5 Å². The SMILES string of the molecule is COC(=O)C1CCCC1S(=O)(=O)NCCCCCCSC. The summed E-state index contributed by atoms with van der Waals surface area (Å²) in [5.74, 6) is 0.253. The van der Waals surface area contributed by atoms with Gasteiger partial charge in [0.2, 0.25) is 10.0 Å². The molecule has 0 amide bonds. The van der Waals surface area contributed by atoms with Crippen molar-refractivity contribution in [3.63, 3.8) is 0 Å². The summed E-state index contributed by atoms with van der Waals surface area (Å²) in [6.45, 7) is 0.464. The normalized spacial score (nSPS) is 22.4. The van der Waals surface area contributed by atoms with E-state index in [9.17, 15) is 13.2 Å². The van der Waals surface area contributed by atoms with Gasteiger partial charge in [-0.05, 0) is 37.7 Å².